The van der Waals surface area contributed by atoms with Crippen LogP contribution in [0.4, 0.5) is 0 Å². The Kier molecular flexibility index (Phi) is 4.24. The lowest BCUT2D eigenvalue weighted by molar-refractivity contribution is 0.161. The number of aromatic nitrogens is 3. The van der Waals surface area contributed by atoms with E-state index >= 15 is 0 Å². The molecule has 1 saturated heterocycles. The molecule has 2 fully saturated rings. The van der Waals surface area contributed by atoms with E-state index in [2.05, 4.69) is 37.9 Å². The maximum absolute atomic E-state index is 8.94. The summed E-state index contributed by atoms with van der Waals surface area (Å²) in [5.74, 6) is 3.14. The number of hydrogen-bond donors (Lipinski definition) is 0. The molecule has 0 unspecified atom stereocenters. The van der Waals surface area contributed by atoms with Gasteiger partial charge in [-0.2, -0.15) is 5.26 Å². The molecule has 1 spiro atoms. The van der Waals surface area contributed by atoms with E-state index in [0.29, 0.717) is 11.3 Å². The first-order chi connectivity index (χ1) is 13.3. The van der Waals surface area contributed by atoms with Crippen LogP contribution >= 0.6 is 0 Å². The van der Waals surface area contributed by atoms with Crippen LogP contribution in [-0.2, 0) is 19.5 Å². The molecule has 3 heterocycles. The van der Waals surface area contributed by atoms with Crippen LogP contribution in [0.3, 0.4) is 0 Å². The fourth-order valence-corrected chi connectivity index (χ4v) is 5.13. The number of nitriles is 1. The Balaban J connectivity index is 1.21. The SMILES string of the molecule is N#Cc1ccc(CN2CCC3(CC2)C[C@@H]3c2nnc3n2CCCCC3)cc1. The van der Waals surface area contributed by atoms with Gasteiger partial charge >= 0.3 is 0 Å². The van der Waals surface area contributed by atoms with Gasteiger partial charge in [-0.15, -0.1) is 10.2 Å². The van der Waals surface area contributed by atoms with E-state index < -0.39 is 0 Å². The number of piperidine rings is 1. The minimum atomic E-state index is 0.483. The number of likely N-dealkylation sites (tertiary alicyclic amines) is 1. The Hall–Kier alpha value is -2.19. The molecule has 0 bridgehead atoms. The van der Waals surface area contributed by atoms with Gasteiger partial charge in [0.2, 0.25) is 0 Å². The van der Waals surface area contributed by atoms with Crippen LogP contribution in [0.15, 0.2) is 24.3 Å². The molecule has 5 nitrogen and oxygen atoms in total. The molecular formula is C22H27N5. The zero-order valence-corrected chi connectivity index (χ0v) is 15.9. The molecule has 1 aliphatic carbocycles. The largest absolute Gasteiger partial charge is 0.315 e. The molecule has 3 aliphatic rings. The minimum Gasteiger partial charge on any atom is -0.315 e. The highest BCUT2D eigenvalue weighted by Crippen LogP contribution is 2.64. The van der Waals surface area contributed by atoms with E-state index in [-0.39, 0.29) is 0 Å². The quantitative estimate of drug-likeness (QED) is 0.837. The summed E-state index contributed by atoms with van der Waals surface area (Å²) < 4.78 is 2.45. The standard InChI is InChI=1S/C22H27N5/c23-15-17-5-7-18(8-6-17)16-26-12-9-22(10-13-26)14-19(22)21-25-24-20-4-2-1-3-11-27(20)21/h5-8,19H,1-4,9-14,16H2/t19-/m1/s1. The van der Waals surface area contributed by atoms with Crippen LogP contribution in [0.25, 0.3) is 0 Å². The van der Waals surface area contributed by atoms with Crippen molar-refractivity contribution in [1.29, 1.82) is 5.26 Å². The Bertz CT molecular complexity index is 852. The van der Waals surface area contributed by atoms with Crippen LogP contribution < -0.4 is 0 Å². The molecular weight excluding hydrogens is 334 g/mol. The monoisotopic (exact) mass is 361 g/mol. The third kappa shape index (κ3) is 3.17. The second kappa shape index (κ2) is 6.76. The average molecular weight is 361 g/mol. The lowest BCUT2D eigenvalue weighted by atomic mass is 9.90. The number of fused-ring (bicyclic) bond motifs is 1. The summed E-state index contributed by atoms with van der Waals surface area (Å²) in [5.41, 5.74) is 2.53. The van der Waals surface area contributed by atoms with Gasteiger partial charge in [0.1, 0.15) is 11.6 Å². The number of rotatable bonds is 3. The number of nitrogens with zero attached hydrogens (tertiary/aromatic N) is 5. The van der Waals surface area contributed by atoms with E-state index in [4.69, 9.17) is 5.26 Å². The summed E-state index contributed by atoms with van der Waals surface area (Å²) in [6.45, 7) is 4.44. The summed E-state index contributed by atoms with van der Waals surface area (Å²) in [4.78, 5) is 2.56. The van der Waals surface area contributed by atoms with E-state index in [0.717, 1.165) is 38.2 Å². The molecule has 0 radical (unpaired) electrons. The number of aryl methyl sites for hydroxylation is 1. The summed E-state index contributed by atoms with van der Waals surface area (Å²) in [6.07, 6.45) is 8.81. The fraction of sp³-hybridized carbons (Fsp3) is 0.591. The van der Waals surface area contributed by atoms with Crippen LogP contribution in [0.5, 0.6) is 0 Å². The lowest BCUT2D eigenvalue weighted by Gasteiger charge is -2.33. The number of hydrogen-bond acceptors (Lipinski definition) is 4. The molecule has 1 atom stereocenters. The minimum absolute atomic E-state index is 0.483. The molecule has 5 heteroatoms. The summed E-state index contributed by atoms with van der Waals surface area (Å²) in [6, 6.07) is 10.2. The third-order valence-corrected chi connectivity index (χ3v) is 6.98. The van der Waals surface area contributed by atoms with Crippen LogP contribution in [-0.4, -0.2) is 32.8 Å². The predicted molar refractivity (Wildman–Crippen MR) is 103 cm³/mol. The number of benzene rings is 1. The van der Waals surface area contributed by atoms with Crippen molar-refractivity contribution >= 4 is 0 Å². The molecule has 1 aromatic carbocycles. The summed E-state index contributed by atoms with van der Waals surface area (Å²) in [5, 5.41) is 18.1. The van der Waals surface area contributed by atoms with E-state index in [1.54, 1.807) is 0 Å². The first-order valence-corrected chi connectivity index (χ1v) is 10.4. The van der Waals surface area contributed by atoms with Crippen molar-refractivity contribution in [3.8, 4) is 6.07 Å². The van der Waals surface area contributed by atoms with E-state index in [1.165, 1.54) is 55.7 Å². The first kappa shape index (κ1) is 16.9. The topological polar surface area (TPSA) is 57.7 Å². The van der Waals surface area contributed by atoms with Gasteiger partial charge in [-0.25, -0.2) is 0 Å². The highest BCUT2D eigenvalue weighted by molar-refractivity contribution is 5.31. The van der Waals surface area contributed by atoms with Crippen LogP contribution in [0, 0.1) is 16.7 Å². The van der Waals surface area contributed by atoms with Crippen molar-refractivity contribution in [1.82, 2.24) is 19.7 Å². The second-order valence-corrected chi connectivity index (χ2v) is 8.64. The zero-order valence-electron chi connectivity index (χ0n) is 15.9. The Morgan fingerprint density at radius 3 is 2.63 bits per heavy atom. The van der Waals surface area contributed by atoms with Crippen molar-refractivity contribution in [3.05, 3.63) is 47.0 Å². The summed E-state index contributed by atoms with van der Waals surface area (Å²) >= 11 is 0. The highest BCUT2D eigenvalue weighted by atomic mass is 15.3. The molecule has 0 N–H and O–H groups in total. The van der Waals surface area contributed by atoms with Gasteiger partial charge in [-0.05, 0) is 68.3 Å². The third-order valence-electron chi connectivity index (χ3n) is 6.98. The molecule has 2 aromatic rings. The fourth-order valence-electron chi connectivity index (χ4n) is 5.13. The van der Waals surface area contributed by atoms with Gasteiger partial charge in [-0.1, -0.05) is 18.6 Å². The highest BCUT2D eigenvalue weighted by Gasteiger charge is 2.57. The van der Waals surface area contributed by atoms with Gasteiger partial charge < -0.3 is 4.57 Å². The molecule has 5 rings (SSSR count). The van der Waals surface area contributed by atoms with Crippen molar-refractivity contribution in [2.24, 2.45) is 5.41 Å². The van der Waals surface area contributed by atoms with Crippen LogP contribution in [0.2, 0.25) is 0 Å². The molecule has 140 valence electrons. The van der Waals surface area contributed by atoms with E-state index in [1.807, 2.05) is 12.1 Å². The Morgan fingerprint density at radius 1 is 1.04 bits per heavy atom. The van der Waals surface area contributed by atoms with Gasteiger partial charge in [-0.3, -0.25) is 4.90 Å². The Labute approximate surface area is 161 Å². The molecule has 27 heavy (non-hydrogen) atoms. The maximum atomic E-state index is 8.94. The van der Waals surface area contributed by atoms with Crippen molar-refractivity contribution in [3.63, 3.8) is 0 Å². The zero-order chi connectivity index (χ0) is 18.3. The van der Waals surface area contributed by atoms with Gasteiger partial charge in [0.25, 0.3) is 0 Å². The molecule has 1 aromatic heterocycles. The second-order valence-electron chi connectivity index (χ2n) is 8.64. The van der Waals surface area contributed by atoms with Crippen molar-refractivity contribution < 1.29 is 0 Å². The lowest BCUT2D eigenvalue weighted by Crippen LogP contribution is -2.34. The summed E-state index contributed by atoms with van der Waals surface area (Å²) in [7, 11) is 0. The van der Waals surface area contributed by atoms with E-state index in [9.17, 15) is 0 Å². The normalized spacial score (nSPS) is 24.2. The van der Waals surface area contributed by atoms with Gasteiger partial charge in [0, 0.05) is 25.4 Å². The average Bonchev–Trinajstić information content (AvgIpc) is 3.34. The molecule has 0 amide bonds. The van der Waals surface area contributed by atoms with Crippen molar-refractivity contribution in [2.45, 2.75) is 64.0 Å². The van der Waals surface area contributed by atoms with Gasteiger partial charge in [0.05, 0.1) is 11.6 Å². The predicted octanol–water partition coefficient (Wildman–Crippen LogP) is 3.65. The van der Waals surface area contributed by atoms with Crippen LogP contribution in [0.1, 0.15) is 67.2 Å². The Morgan fingerprint density at radius 2 is 1.85 bits per heavy atom. The van der Waals surface area contributed by atoms with Crippen molar-refractivity contribution in [2.75, 3.05) is 13.1 Å². The maximum Gasteiger partial charge on any atom is 0.136 e. The molecule has 2 aliphatic heterocycles. The smallest absolute Gasteiger partial charge is 0.136 e. The molecule has 1 saturated carbocycles. The van der Waals surface area contributed by atoms with Gasteiger partial charge in [0.15, 0.2) is 0 Å². The first-order valence-electron chi connectivity index (χ1n) is 10.4.